The fourth-order valence-corrected chi connectivity index (χ4v) is 6.36. The molecule has 0 bridgehead atoms. The standard InChI is InChI=1S/C29H32FN3O6S/c1-5-29(37)17-8-21-25-15(10-33(21)26(35)16(17)11-38-27(29)36)24-19(31-22(34)12-39-28(3,4)40)7-6-14-13(2)18(30)9-20(32-25)23(14)24/h8-9,19,27,36-37,40H,5-7,10-12H2,1-4H3,(H,31,34)/t19-,27?,29-/m0/s1. The van der Waals surface area contributed by atoms with E-state index in [1.165, 1.54) is 6.07 Å². The number of hydrogen-bond acceptors (Lipinski definition) is 8. The minimum atomic E-state index is -1.76. The number of aromatic nitrogens is 2. The molecule has 0 fully saturated rings. The van der Waals surface area contributed by atoms with Crippen LogP contribution in [0.4, 0.5) is 4.39 Å². The Labute approximate surface area is 235 Å². The summed E-state index contributed by atoms with van der Waals surface area (Å²) in [5, 5.41) is 25.6. The van der Waals surface area contributed by atoms with Crippen LogP contribution in [-0.2, 0) is 39.4 Å². The van der Waals surface area contributed by atoms with Crippen molar-refractivity contribution in [3.05, 3.63) is 61.7 Å². The van der Waals surface area contributed by atoms with Gasteiger partial charge in [-0.1, -0.05) is 6.92 Å². The third-order valence-corrected chi connectivity index (χ3v) is 8.56. The van der Waals surface area contributed by atoms with Crippen LogP contribution in [0.3, 0.4) is 0 Å². The Hall–Kier alpha value is -2.83. The van der Waals surface area contributed by atoms with Crippen molar-refractivity contribution in [1.82, 2.24) is 14.9 Å². The van der Waals surface area contributed by atoms with Gasteiger partial charge in [0.05, 0.1) is 36.1 Å². The zero-order valence-electron chi connectivity index (χ0n) is 22.8. The monoisotopic (exact) mass is 569 g/mol. The highest BCUT2D eigenvalue weighted by molar-refractivity contribution is 7.81. The maximum atomic E-state index is 15.0. The second-order valence-electron chi connectivity index (χ2n) is 11.4. The van der Waals surface area contributed by atoms with Gasteiger partial charge < -0.3 is 29.6 Å². The minimum absolute atomic E-state index is 0.125. The Balaban J connectivity index is 1.55. The minimum Gasteiger partial charge on any atom is -0.380 e. The molecule has 0 spiro atoms. The summed E-state index contributed by atoms with van der Waals surface area (Å²) < 4.78 is 27.5. The second kappa shape index (κ2) is 9.35. The first-order chi connectivity index (χ1) is 18.8. The average Bonchev–Trinajstić information content (AvgIpc) is 3.27. The first kappa shape index (κ1) is 27.3. The number of ether oxygens (including phenoxy) is 2. The summed E-state index contributed by atoms with van der Waals surface area (Å²) in [6, 6.07) is 2.68. The van der Waals surface area contributed by atoms with Gasteiger partial charge >= 0.3 is 0 Å². The number of hydrogen-bond donors (Lipinski definition) is 4. The molecule has 1 aromatic carbocycles. The molecule has 2 aliphatic heterocycles. The van der Waals surface area contributed by atoms with Crippen LogP contribution in [0.2, 0.25) is 0 Å². The van der Waals surface area contributed by atoms with E-state index in [0.717, 1.165) is 22.1 Å². The van der Waals surface area contributed by atoms with Crippen molar-refractivity contribution < 1.29 is 28.9 Å². The zero-order valence-corrected chi connectivity index (χ0v) is 23.7. The van der Waals surface area contributed by atoms with E-state index >= 15 is 4.39 Å². The first-order valence-corrected chi connectivity index (χ1v) is 13.9. The number of nitrogens with one attached hydrogen (secondary N) is 1. The van der Waals surface area contributed by atoms with Gasteiger partial charge in [0.25, 0.3) is 5.56 Å². The molecule has 0 saturated carbocycles. The molecule has 9 nitrogen and oxygen atoms in total. The molecule has 40 heavy (non-hydrogen) atoms. The van der Waals surface area contributed by atoms with Gasteiger partial charge in [-0.25, -0.2) is 9.37 Å². The molecule has 3 aliphatic rings. The van der Waals surface area contributed by atoms with E-state index in [9.17, 15) is 19.8 Å². The summed E-state index contributed by atoms with van der Waals surface area (Å²) >= 11 is 4.32. The van der Waals surface area contributed by atoms with E-state index < -0.39 is 22.9 Å². The smallest absolute Gasteiger partial charge is 0.257 e. The van der Waals surface area contributed by atoms with Crippen molar-refractivity contribution in [1.29, 1.82) is 0 Å². The van der Waals surface area contributed by atoms with Crippen molar-refractivity contribution in [2.45, 2.75) is 83.0 Å². The van der Waals surface area contributed by atoms with E-state index in [1.54, 1.807) is 38.3 Å². The molecule has 0 radical (unpaired) electrons. The molecule has 6 rings (SSSR count). The predicted molar refractivity (Wildman–Crippen MR) is 148 cm³/mol. The summed E-state index contributed by atoms with van der Waals surface area (Å²) in [4.78, 5) is 30.7. The maximum Gasteiger partial charge on any atom is 0.257 e. The van der Waals surface area contributed by atoms with Crippen molar-refractivity contribution >= 4 is 29.4 Å². The Morgan fingerprint density at radius 1 is 1.35 bits per heavy atom. The van der Waals surface area contributed by atoms with Crippen molar-refractivity contribution in [2.75, 3.05) is 6.61 Å². The van der Waals surface area contributed by atoms with Gasteiger partial charge in [0.15, 0.2) is 6.29 Å². The molecule has 4 heterocycles. The number of carbonyl (C=O) groups is 1. The summed E-state index contributed by atoms with van der Waals surface area (Å²) in [7, 11) is 0. The van der Waals surface area contributed by atoms with Crippen molar-refractivity contribution in [2.24, 2.45) is 0 Å². The quantitative estimate of drug-likeness (QED) is 0.215. The Morgan fingerprint density at radius 2 is 2.10 bits per heavy atom. The van der Waals surface area contributed by atoms with Gasteiger partial charge in [0, 0.05) is 28.1 Å². The lowest BCUT2D eigenvalue weighted by atomic mass is 9.81. The van der Waals surface area contributed by atoms with Gasteiger partial charge in [-0.3, -0.25) is 9.59 Å². The molecule has 3 atom stereocenters. The molecular weight excluding hydrogens is 537 g/mol. The molecular formula is C29H32FN3O6S. The number of carbonyl (C=O) groups excluding carboxylic acids is 1. The largest absolute Gasteiger partial charge is 0.380 e. The van der Waals surface area contributed by atoms with Crippen LogP contribution in [-0.4, -0.2) is 43.5 Å². The van der Waals surface area contributed by atoms with E-state index in [0.29, 0.717) is 40.9 Å². The van der Waals surface area contributed by atoms with Crippen molar-refractivity contribution in [3.8, 4) is 11.4 Å². The summed E-state index contributed by atoms with van der Waals surface area (Å²) in [6.45, 7) is 6.82. The summed E-state index contributed by atoms with van der Waals surface area (Å²) in [6.07, 6.45) is -0.267. The number of aliphatic hydroxyl groups excluding tert-OH is 1. The second-order valence-corrected chi connectivity index (χ2v) is 12.4. The highest BCUT2D eigenvalue weighted by atomic mass is 32.1. The fourth-order valence-electron chi connectivity index (χ4n) is 6.29. The lowest BCUT2D eigenvalue weighted by Gasteiger charge is -2.37. The Kier molecular flexibility index (Phi) is 6.39. The van der Waals surface area contributed by atoms with Gasteiger partial charge in [0.1, 0.15) is 23.0 Å². The zero-order chi connectivity index (χ0) is 28.7. The number of benzene rings is 1. The number of amides is 1. The number of nitrogens with zero attached hydrogens (tertiary/aromatic N) is 2. The molecule has 1 aliphatic carbocycles. The normalized spacial score (nSPS) is 23.1. The first-order valence-electron chi connectivity index (χ1n) is 13.4. The van der Waals surface area contributed by atoms with Gasteiger partial charge in [-0.15, -0.1) is 12.6 Å². The summed E-state index contributed by atoms with van der Waals surface area (Å²) in [5.74, 6) is -0.676. The molecule has 3 N–H and O–H groups in total. The van der Waals surface area contributed by atoms with Gasteiger partial charge in [-0.05, 0) is 62.8 Å². The number of thiol groups is 1. The predicted octanol–water partition coefficient (Wildman–Crippen LogP) is 3.10. The maximum absolute atomic E-state index is 15.0. The summed E-state index contributed by atoms with van der Waals surface area (Å²) in [5.41, 5.74) is 2.84. The lowest BCUT2D eigenvalue weighted by Crippen LogP contribution is -2.47. The van der Waals surface area contributed by atoms with E-state index in [-0.39, 0.29) is 49.0 Å². The number of pyridine rings is 2. The molecule has 2 aromatic heterocycles. The Morgan fingerprint density at radius 3 is 2.80 bits per heavy atom. The highest BCUT2D eigenvalue weighted by Crippen LogP contribution is 2.46. The third kappa shape index (κ3) is 4.09. The van der Waals surface area contributed by atoms with Crippen LogP contribution in [0.5, 0.6) is 0 Å². The van der Waals surface area contributed by atoms with Crippen LogP contribution in [0.1, 0.15) is 73.0 Å². The molecule has 0 saturated heterocycles. The Bertz CT molecular complexity index is 1650. The van der Waals surface area contributed by atoms with Gasteiger partial charge in [0.2, 0.25) is 5.91 Å². The van der Waals surface area contributed by atoms with Crippen LogP contribution in [0.25, 0.3) is 22.3 Å². The number of rotatable bonds is 5. The molecule has 3 aromatic rings. The highest BCUT2D eigenvalue weighted by Gasteiger charge is 2.45. The van der Waals surface area contributed by atoms with Crippen LogP contribution in [0.15, 0.2) is 16.9 Å². The number of halogens is 1. The lowest BCUT2D eigenvalue weighted by molar-refractivity contribution is -0.236. The average molecular weight is 570 g/mol. The van der Waals surface area contributed by atoms with Crippen molar-refractivity contribution in [3.63, 3.8) is 0 Å². The van der Waals surface area contributed by atoms with E-state index in [2.05, 4.69) is 17.9 Å². The molecule has 1 amide bonds. The van der Waals surface area contributed by atoms with E-state index in [1.807, 2.05) is 0 Å². The van der Waals surface area contributed by atoms with Crippen LogP contribution in [0, 0.1) is 12.7 Å². The van der Waals surface area contributed by atoms with E-state index in [4.69, 9.17) is 14.5 Å². The number of aliphatic hydroxyl groups is 2. The topological polar surface area (TPSA) is 123 Å². The van der Waals surface area contributed by atoms with Crippen LogP contribution >= 0.6 is 12.6 Å². The number of fused-ring (bicyclic) bond motifs is 5. The SMILES string of the molecule is CC[C@]1(O)c2cc3n(c(=O)c2COC1O)Cc1c-3nc2cc(F)c(C)c3c2c1[C@@H](NC(=O)COC(C)(C)S)CC3. The van der Waals surface area contributed by atoms with Gasteiger partial charge in [-0.2, -0.15) is 0 Å². The molecule has 11 heteroatoms. The third-order valence-electron chi connectivity index (χ3n) is 8.43. The fraction of sp³-hybridized carbons (Fsp3) is 0.483. The van der Waals surface area contributed by atoms with Crippen LogP contribution < -0.4 is 10.9 Å². The number of aryl methyl sites for hydroxylation is 1. The molecule has 212 valence electrons. The molecule has 1 unspecified atom stereocenters.